The Bertz CT molecular complexity index is 819. The number of rotatable bonds is 7. The van der Waals surface area contributed by atoms with Crippen LogP contribution in [-0.2, 0) is 21.4 Å². The summed E-state index contributed by atoms with van der Waals surface area (Å²) in [6, 6.07) is 2.58. The van der Waals surface area contributed by atoms with E-state index in [4.69, 9.17) is 4.74 Å². The van der Waals surface area contributed by atoms with Crippen LogP contribution >= 0.6 is 0 Å². The van der Waals surface area contributed by atoms with Gasteiger partial charge in [-0.25, -0.2) is 21.9 Å². The maximum atomic E-state index is 14.6. The van der Waals surface area contributed by atoms with Crippen molar-refractivity contribution in [1.82, 2.24) is 10.0 Å². The maximum absolute atomic E-state index is 14.6. The summed E-state index contributed by atoms with van der Waals surface area (Å²) in [7, 11) is -3.79. The molecule has 9 heteroatoms. The lowest BCUT2D eigenvalue weighted by Crippen LogP contribution is -2.41. The van der Waals surface area contributed by atoms with E-state index in [9.17, 15) is 22.0 Å². The van der Waals surface area contributed by atoms with Gasteiger partial charge in [-0.2, -0.15) is 0 Å². The van der Waals surface area contributed by atoms with Crippen LogP contribution in [0.15, 0.2) is 12.1 Å². The minimum absolute atomic E-state index is 0.0514. The normalized spacial score (nSPS) is 19.7. The molecular weight excluding hydrogens is 378 g/mol. The fourth-order valence-electron chi connectivity index (χ4n) is 3.29. The summed E-state index contributed by atoms with van der Waals surface area (Å²) in [5, 5.41) is 3.09. The van der Waals surface area contributed by atoms with Gasteiger partial charge in [0, 0.05) is 0 Å². The van der Waals surface area contributed by atoms with E-state index < -0.39 is 27.4 Å². The standard InChI is InChI=1S/C18H24F2N2O4S/c1-27(24,25)22-17(23)15-9-14(12-2-3-12)13(8-16(15)19)10-26-11-18(20)4-6-21-7-5-18/h8-9,12,21H,2-7,10-11H2,1H3,(H,22,23). The third-order valence-corrected chi connectivity index (χ3v) is 5.44. The first kappa shape index (κ1) is 20.2. The highest BCUT2D eigenvalue weighted by Crippen LogP contribution is 2.42. The quantitative estimate of drug-likeness (QED) is 0.729. The van der Waals surface area contributed by atoms with Crippen LogP contribution in [0.25, 0.3) is 0 Å². The van der Waals surface area contributed by atoms with Crippen LogP contribution in [0, 0.1) is 5.82 Å². The monoisotopic (exact) mass is 402 g/mol. The topological polar surface area (TPSA) is 84.5 Å². The SMILES string of the molecule is CS(=O)(=O)NC(=O)c1cc(C2CC2)c(COCC2(F)CCNCC2)cc1F. The molecule has 1 aliphatic carbocycles. The highest BCUT2D eigenvalue weighted by molar-refractivity contribution is 7.89. The molecule has 1 heterocycles. The van der Waals surface area contributed by atoms with Crippen LogP contribution in [0.1, 0.15) is 53.1 Å². The van der Waals surface area contributed by atoms with Crippen molar-refractivity contribution in [2.75, 3.05) is 26.0 Å². The molecule has 1 aromatic rings. The molecule has 3 rings (SSSR count). The lowest BCUT2D eigenvalue weighted by atomic mass is 9.95. The van der Waals surface area contributed by atoms with E-state index in [0.717, 1.165) is 24.7 Å². The Balaban J connectivity index is 1.73. The fraction of sp³-hybridized carbons (Fsp3) is 0.611. The fourth-order valence-corrected chi connectivity index (χ4v) is 3.74. The van der Waals surface area contributed by atoms with Gasteiger partial charge in [-0.3, -0.25) is 4.79 Å². The van der Waals surface area contributed by atoms with Crippen molar-refractivity contribution >= 4 is 15.9 Å². The second kappa shape index (κ2) is 7.81. The molecule has 1 aromatic carbocycles. The van der Waals surface area contributed by atoms with Gasteiger partial charge in [0.05, 0.1) is 25.0 Å². The van der Waals surface area contributed by atoms with Gasteiger partial charge in [-0.1, -0.05) is 0 Å². The molecule has 0 unspecified atom stereocenters. The van der Waals surface area contributed by atoms with E-state index in [1.807, 2.05) is 0 Å². The zero-order valence-corrected chi connectivity index (χ0v) is 16.0. The number of sulfonamides is 1. The molecule has 1 aliphatic heterocycles. The molecule has 0 radical (unpaired) electrons. The molecule has 1 saturated heterocycles. The molecule has 2 N–H and O–H groups in total. The van der Waals surface area contributed by atoms with Gasteiger partial charge >= 0.3 is 0 Å². The molecule has 0 atom stereocenters. The number of ether oxygens (including phenoxy) is 1. The average molecular weight is 402 g/mol. The maximum Gasteiger partial charge on any atom is 0.267 e. The number of carbonyl (C=O) groups is 1. The van der Waals surface area contributed by atoms with Crippen LogP contribution in [0.2, 0.25) is 0 Å². The number of hydrogen-bond acceptors (Lipinski definition) is 5. The number of hydrogen-bond donors (Lipinski definition) is 2. The highest BCUT2D eigenvalue weighted by atomic mass is 32.2. The number of benzene rings is 1. The molecule has 6 nitrogen and oxygen atoms in total. The van der Waals surface area contributed by atoms with Crippen LogP contribution in [0.5, 0.6) is 0 Å². The van der Waals surface area contributed by atoms with Crippen LogP contribution < -0.4 is 10.0 Å². The summed E-state index contributed by atoms with van der Waals surface area (Å²) in [5.74, 6) is -1.63. The minimum atomic E-state index is -3.79. The highest BCUT2D eigenvalue weighted by Gasteiger charge is 2.33. The van der Waals surface area contributed by atoms with Gasteiger partial charge in [0.2, 0.25) is 10.0 Å². The second-order valence-corrected chi connectivity index (χ2v) is 9.15. The largest absolute Gasteiger partial charge is 0.373 e. The zero-order valence-electron chi connectivity index (χ0n) is 15.2. The molecule has 1 saturated carbocycles. The van der Waals surface area contributed by atoms with Gasteiger partial charge in [0.25, 0.3) is 5.91 Å². The van der Waals surface area contributed by atoms with Crippen molar-refractivity contribution in [3.05, 3.63) is 34.6 Å². The van der Waals surface area contributed by atoms with Crippen molar-refractivity contribution in [3.63, 3.8) is 0 Å². The predicted octanol–water partition coefficient (Wildman–Crippen LogP) is 2.00. The van der Waals surface area contributed by atoms with Gasteiger partial charge in [-0.05, 0) is 68.0 Å². The van der Waals surface area contributed by atoms with Crippen molar-refractivity contribution in [2.24, 2.45) is 0 Å². The number of alkyl halides is 1. The molecule has 0 bridgehead atoms. The summed E-state index contributed by atoms with van der Waals surface area (Å²) in [6.45, 7) is 1.20. The Hall–Kier alpha value is -1.58. The Morgan fingerprint density at radius 3 is 2.59 bits per heavy atom. The van der Waals surface area contributed by atoms with Crippen LogP contribution in [0.4, 0.5) is 8.78 Å². The first-order chi connectivity index (χ1) is 12.7. The number of piperidine rings is 1. The lowest BCUT2D eigenvalue weighted by Gasteiger charge is -2.29. The zero-order chi connectivity index (χ0) is 19.7. The second-order valence-electron chi connectivity index (χ2n) is 7.40. The average Bonchev–Trinajstić information content (AvgIpc) is 3.38. The lowest BCUT2D eigenvalue weighted by molar-refractivity contribution is -0.0109. The summed E-state index contributed by atoms with van der Waals surface area (Å²) >= 11 is 0. The van der Waals surface area contributed by atoms with E-state index in [2.05, 4.69) is 5.32 Å². The number of carbonyl (C=O) groups excluding carboxylic acids is 1. The van der Waals surface area contributed by atoms with E-state index in [0.29, 0.717) is 31.5 Å². The Morgan fingerprint density at radius 1 is 1.33 bits per heavy atom. The first-order valence-corrected chi connectivity index (χ1v) is 10.9. The van der Waals surface area contributed by atoms with E-state index in [-0.39, 0.29) is 24.7 Å². The summed E-state index contributed by atoms with van der Waals surface area (Å²) in [4.78, 5) is 12.0. The Morgan fingerprint density at radius 2 is 2.00 bits per heavy atom. The third kappa shape index (κ3) is 5.46. The van der Waals surface area contributed by atoms with Gasteiger partial charge in [0.1, 0.15) is 11.5 Å². The van der Waals surface area contributed by atoms with Crippen molar-refractivity contribution in [2.45, 2.75) is 43.9 Å². The van der Waals surface area contributed by atoms with E-state index >= 15 is 0 Å². The van der Waals surface area contributed by atoms with E-state index in [1.54, 1.807) is 4.72 Å². The predicted molar refractivity (Wildman–Crippen MR) is 96.3 cm³/mol. The molecule has 0 aromatic heterocycles. The van der Waals surface area contributed by atoms with Crippen LogP contribution in [-0.4, -0.2) is 45.9 Å². The van der Waals surface area contributed by atoms with Gasteiger partial charge < -0.3 is 10.1 Å². The number of nitrogens with one attached hydrogen (secondary N) is 2. The first-order valence-electron chi connectivity index (χ1n) is 8.99. The molecule has 27 heavy (non-hydrogen) atoms. The smallest absolute Gasteiger partial charge is 0.267 e. The third-order valence-electron chi connectivity index (χ3n) is 4.89. The van der Waals surface area contributed by atoms with Gasteiger partial charge in [-0.15, -0.1) is 0 Å². The van der Waals surface area contributed by atoms with Crippen LogP contribution in [0.3, 0.4) is 0 Å². The van der Waals surface area contributed by atoms with Gasteiger partial charge in [0.15, 0.2) is 0 Å². The van der Waals surface area contributed by atoms with E-state index in [1.165, 1.54) is 12.1 Å². The molecule has 150 valence electrons. The Kier molecular flexibility index (Phi) is 5.83. The summed E-state index contributed by atoms with van der Waals surface area (Å²) in [5.41, 5.74) is -0.359. The van der Waals surface area contributed by atoms with Crippen molar-refractivity contribution in [3.8, 4) is 0 Å². The number of amides is 1. The summed E-state index contributed by atoms with van der Waals surface area (Å²) in [6.07, 6.45) is 3.40. The molecular formula is C18H24F2N2O4S. The Labute approximate surface area is 157 Å². The van der Waals surface area contributed by atoms with Crippen molar-refractivity contribution in [1.29, 1.82) is 0 Å². The summed E-state index contributed by atoms with van der Waals surface area (Å²) < 4.78 is 58.8. The molecule has 0 spiro atoms. The number of halogens is 2. The molecule has 2 fully saturated rings. The van der Waals surface area contributed by atoms with Crippen molar-refractivity contribution < 1.29 is 26.7 Å². The molecule has 2 aliphatic rings. The molecule has 1 amide bonds. The minimum Gasteiger partial charge on any atom is -0.373 e.